The Hall–Kier alpha value is -7.79. The van der Waals surface area contributed by atoms with E-state index in [0.29, 0.717) is 17.5 Å². The molecular weight excluding hydrogens is 771 g/mol. The van der Waals surface area contributed by atoms with E-state index in [1.165, 1.54) is 54.4 Å². The lowest BCUT2D eigenvalue weighted by Crippen LogP contribution is -2.28. The van der Waals surface area contributed by atoms with Gasteiger partial charge in [0, 0.05) is 36.9 Å². The molecule has 0 atom stereocenters. The molecule has 0 saturated heterocycles. The van der Waals surface area contributed by atoms with Crippen molar-refractivity contribution in [2.75, 3.05) is 0 Å². The Morgan fingerprint density at radius 2 is 0.774 bits per heavy atom. The smallest absolute Gasteiger partial charge is 0.165 e. The fraction of sp³-hybridized carbons (Fsp3) is 0.0172. The van der Waals surface area contributed by atoms with Gasteiger partial charge in [0.05, 0.1) is 5.41 Å². The zero-order chi connectivity index (χ0) is 41.0. The van der Waals surface area contributed by atoms with Crippen LogP contribution >= 0.6 is 11.3 Å². The van der Waals surface area contributed by atoms with Gasteiger partial charge in [-0.1, -0.05) is 212 Å². The van der Waals surface area contributed by atoms with Gasteiger partial charge in [-0.25, -0.2) is 15.0 Å². The number of hydrogen-bond acceptors (Lipinski definition) is 4. The fourth-order valence-electron chi connectivity index (χ4n) is 9.74. The van der Waals surface area contributed by atoms with Crippen LogP contribution < -0.4 is 0 Å². The van der Waals surface area contributed by atoms with Gasteiger partial charge in [0.15, 0.2) is 17.5 Å². The molecule has 0 amide bonds. The van der Waals surface area contributed by atoms with Crippen LogP contribution in [0.1, 0.15) is 22.3 Å². The summed E-state index contributed by atoms with van der Waals surface area (Å²) in [6.45, 7) is 0. The number of fused-ring (bicyclic) bond motifs is 6. The lowest BCUT2D eigenvalue weighted by Gasteiger charge is -2.33. The summed E-state index contributed by atoms with van der Waals surface area (Å²) in [4.78, 5) is 16.4. The number of benzene rings is 9. The van der Waals surface area contributed by atoms with Crippen molar-refractivity contribution in [1.82, 2.24) is 15.0 Å². The summed E-state index contributed by atoms with van der Waals surface area (Å²) in [5.74, 6) is 1.92. The zero-order valence-electron chi connectivity index (χ0n) is 33.6. The molecule has 1 aliphatic carbocycles. The van der Waals surface area contributed by atoms with E-state index in [2.05, 4.69) is 224 Å². The minimum absolute atomic E-state index is 0.551. The van der Waals surface area contributed by atoms with Crippen molar-refractivity contribution in [2.24, 2.45) is 0 Å². The van der Waals surface area contributed by atoms with Gasteiger partial charge in [0.25, 0.3) is 0 Å². The zero-order valence-corrected chi connectivity index (χ0v) is 34.4. The third-order valence-corrected chi connectivity index (χ3v) is 13.7. The van der Waals surface area contributed by atoms with Crippen LogP contribution in [-0.4, -0.2) is 15.0 Å². The third-order valence-electron chi connectivity index (χ3n) is 12.5. The molecule has 11 aromatic rings. The standard InChI is InChI=1S/C58H37N3S/c1-4-18-38(19-5-1)39-34-36-40(37-35-39)43-24-10-11-26-46(43)55-59-56(61-57(60-55)49-30-16-28-45-44-25-13-15-33-52(44)62-54(45)49)48-29-17-32-51-53(48)47-27-12-14-31-50(47)58(51,41-20-6-2-7-21-41)42-22-8-3-9-23-42/h1-37H. The van der Waals surface area contributed by atoms with Crippen molar-refractivity contribution in [3.05, 3.63) is 247 Å². The molecule has 2 aromatic heterocycles. The van der Waals surface area contributed by atoms with E-state index in [1.54, 1.807) is 11.3 Å². The maximum atomic E-state index is 5.50. The van der Waals surface area contributed by atoms with Crippen LogP contribution in [0.3, 0.4) is 0 Å². The average molecular weight is 808 g/mol. The largest absolute Gasteiger partial charge is 0.208 e. The second-order valence-electron chi connectivity index (χ2n) is 15.8. The van der Waals surface area contributed by atoms with E-state index < -0.39 is 5.41 Å². The predicted octanol–water partition coefficient (Wildman–Crippen LogP) is 14.9. The predicted molar refractivity (Wildman–Crippen MR) is 257 cm³/mol. The molecule has 4 heteroatoms. The number of nitrogens with zero attached hydrogens (tertiary/aromatic N) is 3. The topological polar surface area (TPSA) is 38.7 Å². The summed E-state index contributed by atoms with van der Waals surface area (Å²) >= 11 is 1.79. The normalized spacial score (nSPS) is 12.6. The molecule has 2 heterocycles. The number of aromatic nitrogens is 3. The van der Waals surface area contributed by atoms with E-state index in [-0.39, 0.29) is 0 Å². The van der Waals surface area contributed by atoms with E-state index in [1.807, 2.05) is 0 Å². The second kappa shape index (κ2) is 14.7. The van der Waals surface area contributed by atoms with Crippen molar-refractivity contribution >= 4 is 31.5 Å². The van der Waals surface area contributed by atoms with E-state index in [0.717, 1.165) is 38.1 Å². The highest BCUT2D eigenvalue weighted by Gasteiger charge is 2.47. The van der Waals surface area contributed by atoms with Gasteiger partial charge in [-0.2, -0.15) is 0 Å². The number of rotatable bonds is 7. The second-order valence-corrected chi connectivity index (χ2v) is 16.9. The quantitative estimate of drug-likeness (QED) is 0.161. The Morgan fingerprint density at radius 3 is 1.50 bits per heavy atom. The van der Waals surface area contributed by atoms with Gasteiger partial charge in [-0.05, 0) is 67.8 Å². The first kappa shape index (κ1) is 36.1. The number of hydrogen-bond donors (Lipinski definition) is 0. The van der Waals surface area contributed by atoms with Crippen molar-refractivity contribution in [3.8, 4) is 67.5 Å². The molecular formula is C58H37N3S. The van der Waals surface area contributed by atoms with Crippen LogP contribution in [0.4, 0.5) is 0 Å². The Labute approximate surface area is 364 Å². The first-order valence-corrected chi connectivity index (χ1v) is 21.8. The highest BCUT2D eigenvalue weighted by molar-refractivity contribution is 7.26. The van der Waals surface area contributed by atoms with Crippen LogP contribution in [0.25, 0.3) is 87.7 Å². The van der Waals surface area contributed by atoms with E-state index in [9.17, 15) is 0 Å². The maximum absolute atomic E-state index is 5.50. The van der Waals surface area contributed by atoms with Crippen molar-refractivity contribution < 1.29 is 0 Å². The summed E-state index contributed by atoms with van der Waals surface area (Å²) in [6, 6.07) is 80.3. The molecule has 0 fully saturated rings. The van der Waals surface area contributed by atoms with E-state index in [4.69, 9.17) is 15.0 Å². The van der Waals surface area contributed by atoms with Crippen molar-refractivity contribution in [1.29, 1.82) is 0 Å². The summed E-state index contributed by atoms with van der Waals surface area (Å²) in [7, 11) is 0. The Bertz CT molecular complexity index is 3410. The molecule has 0 spiro atoms. The first-order chi connectivity index (χ1) is 30.8. The average Bonchev–Trinajstić information content (AvgIpc) is 3.89. The fourth-order valence-corrected chi connectivity index (χ4v) is 11.0. The van der Waals surface area contributed by atoms with Crippen LogP contribution in [0.15, 0.2) is 224 Å². The van der Waals surface area contributed by atoms with Gasteiger partial charge >= 0.3 is 0 Å². The molecule has 9 aromatic carbocycles. The summed E-state index contributed by atoms with van der Waals surface area (Å²) in [6.07, 6.45) is 0. The Kier molecular flexibility index (Phi) is 8.58. The summed E-state index contributed by atoms with van der Waals surface area (Å²) in [5, 5.41) is 2.44. The van der Waals surface area contributed by atoms with Gasteiger partial charge in [-0.15, -0.1) is 11.3 Å². The molecule has 290 valence electrons. The monoisotopic (exact) mass is 807 g/mol. The van der Waals surface area contributed by atoms with Crippen LogP contribution in [0, 0.1) is 0 Å². The Morgan fingerprint density at radius 1 is 0.306 bits per heavy atom. The summed E-state index contributed by atoms with van der Waals surface area (Å²) in [5.41, 5.74) is 14.1. The molecule has 12 rings (SSSR count). The molecule has 1 aliphatic rings. The third kappa shape index (κ3) is 5.68. The number of thiophene rings is 1. The molecule has 0 N–H and O–H groups in total. The molecule has 0 bridgehead atoms. The first-order valence-electron chi connectivity index (χ1n) is 21.0. The van der Waals surface area contributed by atoms with E-state index >= 15 is 0 Å². The summed E-state index contributed by atoms with van der Waals surface area (Å²) < 4.78 is 2.40. The molecule has 0 radical (unpaired) electrons. The molecule has 0 saturated carbocycles. The van der Waals surface area contributed by atoms with Crippen molar-refractivity contribution in [2.45, 2.75) is 5.41 Å². The molecule has 3 nitrogen and oxygen atoms in total. The minimum Gasteiger partial charge on any atom is -0.208 e. The lowest BCUT2D eigenvalue weighted by atomic mass is 9.67. The Balaban J connectivity index is 1.12. The van der Waals surface area contributed by atoms with Gasteiger partial charge in [0.1, 0.15) is 0 Å². The molecule has 62 heavy (non-hydrogen) atoms. The highest BCUT2D eigenvalue weighted by atomic mass is 32.1. The van der Waals surface area contributed by atoms with Crippen molar-refractivity contribution in [3.63, 3.8) is 0 Å². The SMILES string of the molecule is c1ccc(-c2ccc(-c3ccccc3-c3nc(-c4cccc5c4-c4ccccc4C5(c4ccccc4)c4ccccc4)nc(-c4cccc5c4sc4ccccc45)n3)cc2)cc1. The molecule has 0 aliphatic heterocycles. The van der Waals surface area contributed by atoms with Crippen LogP contribution in [-0.2, 0) is 5.41 Å². The highest BCUT2D eigenvalue weighted by Crippen LogP contribution is 2.58. The maximum Gasteiger partial charge on any atom is 0.165 e. The molecule has 0 unspecified atom stereocenters. The van der Waals surface area contributed by atoms with Crippen LogP contribution in [0.5, 0.6) is 0 Å². The van der Waals surface area contributed by atoms with Crippen LogP contribution in [0.2, 0.25) is 0 Å². The minimum atomic E-state index is -0.551. The van der Waals surface area contributed by atoms with Gasteiger partial charge < -0.3 is 0 Å². The van der Waals surface area contributed by atoms with Gasteiger partial charge in [0.2, 0.25) is 0 Å². The van der Waals surface area contributed by atoms with Gasteiger partial charge in [-0.3, -0.25) is 0 Å². The lowest BCUT2D eigenvalue weighted by molar-refractivity contribution is 0.768.